The average molecular weight is 472 g/mol. The summed E-state index contributed by atoms with van der Waals surface area (Å²) >= 11 is 7.90. The summed E-state index contributed by atoms with van der Waals surface area (Å²) in [5.74, 6) is -0.652. The second-order valence-corrected chi connectivity index (χ2v) is 7.91. The lowest BCUT2D eigenvalue weighted by molar-refractivity contribution is -0.149. The molecule has 0 unspecified atom stereocenters. The van der Waals surface area contributed by atoms with Gasteiger partial charge in [0.05, 0.1) is 3.92 Å². The minimum absolute atomic E-state index is 0.173. The zero-order valence-electron chi connectivity index (χ0n) is 13.7. The largest absolute Gasteiger partial charge is 0.459 e. The Morgan fingerprint density at radius 3 is 2.32 bits per heavy atom. The third-order valence-corrected chi connectivity index (χ3v) is 4.36. The summed E-state index contributed by atoms with van der Waals surface area (Å²) in [6, 6.07) is 15.9. The molecule has 25 heavy (non-hydrogen) atoms. The Kier molecular flexibility index (Phi) is 7.71. The molecule has 0 fully saturated rings. The van der Waals surface area contributed by atoms with E-state index < -0.39 is 12.0 Å². The third kappa shape index (κ3) is 6.66. The first-order valence-electron chi connectivity index (χ1n) is 7.85. The fraction of sp³-hybridized carbons (Fsp3) is 0.263. The third-order valence-electron chi connectivity index (χ3n) is 3.54. The number of carbonyl (C=O) groups is 2. The van der Waals surface area contributed by atoms with Crippen LogP contribution in [0.5, 0.6) is 0 Å². The molecule has 0 saturated carbocycles. The highest BCUT2D eigenvalue weighted by Gasteiger charge is 2.24. The van der Waals surface area contributed by atoms with Crippen molar-refractivity contribution in [3.63, 3.8) is 0 Å². The van der Waals surface area contributed by atoms with Gasteiger partial charge in [0.2, 0.25) is 5.91 Å². The Labute approximate surface area is 166 Å². The van der Waals surface area contributed by atoms with Crippen LogP contribution >= 0.6 is 34.2 Å². The normalized spacial score (nSPS) is 12.9. The number of alkyl halides is 1. The number of hydrogen-bond donors (Lipinski definition) is 1. The molecule has 0 saturated heterocycles. The van der Waals surface area contributed by atoms with Crippen molar-refractivity contribution in [3.8, 4) is 0 Å². The van der Waals surface area contributed by atoms with E-state index in [0.29, 0.717) is 11.4 Å². The van der Waals surface area contributed by atoms with Gasteiger partial charge in [0.25, 0.3) is 0 Å². The molecule has 0 aliphatic heterocycles. The smallest absolute Gasteiger partial charge is 0.329 e. The molecular weight excluding hydrogens is 453 g/mol. The minimum atomic E-state index is -0.741. The van der Waals surface area contributed by atoms with E-state index in [1.54, 1.807) is 19.1 Å². The summed E-state index contributed by atoms with van der Waals surface area (Å²) in [6.07, 6.45) is 0.347. The lowest BCUT2D eigenvalue weighted by Crippen LogP contribution is -2.45. The van der Waals surface area contributed by atoms with Gasteiger partial charge in [-0.2, -0.15) is 0 Å². The summed E-state index contributed by atoms with van der Waals surface area (Å²) in [5.41, 5.74) is 1.79. The van der Waals surface area contributed by atoms with Gasteiger partial charge in [-0.1, -0.05) is 76.7 Å². The molecule has 1 N–H and O–H groups in total. The number of ether oxygens (including phenoxy) is 1. The van der Waals surface area contributed by atoms with Crippen molar-refractivity contribution in [2.45, 2.75) is 29.9 Å². The first-order valence-corrected chi connectivity index (χ1v) is 9.47. The van der Waals surface area contributed by atoms with E-state index in [1.165, 1.54) is 0 Å². The maximum absolute atomic E-state index is 12.5. The summed E-state index contributed by atoms with van der Waals surface area (Å²) in [7, 11) is 0. The summed E-state index contributed by atoms with van der Waals surface area (Å²) in [5, 5.41) is 3.38. The molecule has 0 spiro atoms. The van der Waals surface area contributed by atoms with Gasteiger partial charge in [-0.3, -0.25) is 4.79 Å². The lowest BCUT2D eigenvalue weighted by atomic mass is 10.1. The topological polar surface area (TPSA) is 55.4 Å². The Balaban J connectivity index is 2.05. The fourth-order valence-electron chi connectivity index (χ4n) is 2.17. The standard InChI is InChI=1S/C19H19ClINO3/c1-13(21)18(23)22-17(11-14-7-9-16(20)10-8-14)19(24)25-12-15-5-3-2-4-6-15/h2-10,13,17H,11-12H2,1H3,(H,22,23)/t13-,17-/m1/s1. The molecule has 0 radical (unpaired) electrons. The Morgan fingerprint density at radius 2 is 1.72 bits per heavy atom. The van der Waals surface area contributed by atoms with Crippen LogP contribution in [0.1, 0.15) is 18.1 Å². The molecule has 132 valence electrons. The predicted molar refractivity (Wildman–Crippen MR) is 107 cm³/mol. The van der Waals surface area contributed by atoms with Crippen LogP contribution < -0.4 is 5.32 Å². The highest BCUT2D eigenvalue weighted by atomic mass is 127. The Morgan fingerprint density at radius 1 is 1.08 bits per heavy atom. The first kappa shape index (κ1) is 19.7. The van der Waals surface area contributed by atoms with E-state index in [4.69, 9.17) is 16.3 Å². The van der Waals surface area contributed by atoms with Crippen LogP contribution in [-0.4, -0.2) is 21.8 Å². The molecular formula is C19H19ClINO3. The van der Waals surface area contributed by atoms with Crippen LogP contribution in [0.15, 0.2) is 54.6 Å². The van der Waals surface area contributed by atoms with E-state index in [9.17, 15) is 9.59 Å². The van der Waals surface area contributed by atoms with Crippen molar-refractivity contribution in [1.29, 1.82) is 0 Å². The second kappa shape index (κ2) is 9.77. The number of rotatable bonds is 7. The van der Waals surface area contributed by atoms with Crippen LogP contribution in [0.3, 0.4) is 0 Å². The van der Waals surface area contributed by atoms with Crippen LogP contribution in [0.25, 0.3) is 0 Å². The molecule has 0 aliphatic rings. The molecule has 2 aromatic carbocycles. The van der Waals surface area contributed by atoms with Crippen LogP contribution in [0.4, 0.5) is 0 Å². The van der Waals surface area contributed by atoms with Crippen molar-refractivity contribution < 1.29 is 14.3 Å². The Bertz CT molecular complexity index is 704. The van der Waals surface area contributed by atoms with Crippen molar-refractivity contribution in [1.82, 2.24) is 5.32 Å². The van der Waals surface area contributed by atoms with E-state index in [1.807, 2.05) is 65.1 Å². The van der Waals surface area contributed by atoms with E-state index in [-0.39, 0.29) is 16.4 Å². The second-order valence-electron chi connectivity index (χ2n) is 5.60. The molecule has 2 atom stereocenters. The van der Waals surface area contributed by atoms with E-state index in [0.717, 1.165) is 11.1 Å². The van der Waals surface area contributed by atoms with Gasteiger partial charge in [0, 0.05) is 11.4 Å². The highest BCUT2D eigenvalue weighted by molar-refractivity contribution is 14.1. The summed E-state index contributed by atoms with van der Waals surface area (Å²) in [4.78, 5) is 24.5. The van der Waals surface area contributed by atoms with Crippen LogP contribution in [-0.2, 0) is 27.4 Å². The zero-order valence-corrected chi connectivity index (χ0v) is 16.7. The SMILES string of the molecule is C[C@@H](I)C(=O)N[C@H](Cc1ccc(Cl)cc1)C(=O)OCc1ccccc1. The Hall–Kier alpha value is -1.60. The lowest BCUT2D eigenvalue weighted by Gasteiger charge is -2.19. The molecule has 6 heteroatoms. The quantitative estimate of drug-likeness (QED) is 0.378. The minimum Gasteiger partial charge on any atom is -0.459 e. The first-order chi connectivity index (χ1) is 12.0. The fourth-order valence-corrected chi connectivity index (χ4v) is 2.47. The molecule has 4 nitrogen and oxygen atoms in total. The molecule has 0 aromatic heterocycles. The van der Waals surface area contributed by atoms with E-state index >= 15 is 0 Å². The maximum Gasteiger partial charge on any atom is 0.329 e. The van der Waals surface area contributed by atoms with Crippen molar-refractivity contribution in [2.75, 3.05) is 0 Å². The zero-order chi connectivity index (χ0) is 18.2. The molecule has 0 heterocycles. The van der Waals surface area contributed by atoms with Crippen LogP contribution in [0, 0.1) is 0 Å². The van der Waals surface area contributed by atoms with Crippen molar-refractivity contribution in [3.05, 3.63) is 70.7 Å². The van der Waals surface area contributed by atoms with Crippen molar-refractivity contribution >= 4 is 46.1 Å². The van der Waals surface area contributed by atoms with Gasteiger partial charge in [-0.25, -0.2) is 4.79 Å². The molecule has 2 rings (SSSR count). The number of benzene rings is 2. The summed E-state index contributed by atoms with van der Waals surface area (Å²) in [6.45, 7) is 1.94. The number of amides is 1. The van der Waals surface area contributed by atoms with Gasteiger partial charge in [0.15, 0.2) is 0 Å². The summed E-state index contributed by atoms with van der Waals surface area (Å²) < 4.78 is 5.14. The van der Waals surface area contributed by atoms with Gasteiger partial charge in [-0.05, 0) is 30.2 Å². The van der Waals surface area contributed by atoms with E-state index in [2.05, 4.69) is 5.32 Å². The van der Waals surface area contributed by atoms with Gasteiger partial charge >= 0.3 is 5.97 Å². The average Bonchev–Trinajstić information content (AvgIpc) is 2.61. The predicted octanol–water partition coefficient (Wildman–Crippen LogP) is 3.93. The monoisotopic (exact) mass is 471 g/mol. The molecule has 1 amide bonds. The number of hydrogen-bond acceptors (Lipinski definition) is 3. The van der Waals surface area contributed by atoms with Gasteiger partial charge < -0.3 is 10.1 Å². The highest BCUT2D eigenvalue weighted by Crippen LogP contribution is 2.13. The number of carbonyl (C=O) groups excluding carboxylic acids is 2. The van der Waals surface area contributed by atoms with Crippen molar-refractivity contribution in [2.24, 2.45) is 0 Å². The number of halogens is 2. The molecule has 0 aliphatic carbocycles. The molecule has 0 bridgehead atoms. The van der Waals surface area contributed by atoms with Crippen LogP contribution in [0.2, 0.25) is 5.02 Å². The maximum atomic E-state index is 12.5. The molecule has 2 aromatic rings. The van der Waals surface area contributed by atoms with Gasteiger partial charge in [0.1, 0.15) is 12.6 Å². The van der Waals surface area contributed by atoms with Gasteiger partial charge in [-0.15, -0.1) is 0 Å². The number of esters is 1. The number of nitrogens with one attached hydrogen (secondary N) is 1.